The van der Waals surface area contributed by atoms with Gasteiger partial charge in [-0.25, -0.2) is 0 Å². The number of aromatic hydroxyl groups is 1. The minimum absolute atomic E-state index is 0. The number of hydrogen-bond donors (Lipinski definition) is 2. The molecular weight excluding hydrogens is 483 g/mol. The zero-order valence-electron chi connectivity index (χ0n) is 13.3. The summed E-state index contributed by atoms with van der Waals surface area (Å²) in [7, 11) is 0. The lowest BCUT2D eigenvalue weighted by molar-refractivity contribution is 0.0206. The van der Waals surface area contributed by atoms with Crippen molar-refractivity contribution in [2.45, 2.75) is 18.9 Å². The average molecular weight is 507 g/mol. The second-order valence-corrected chi connectivity index (χ2v) is 7.78. The lowest BCUT2D eigenvalue weighted by Gasteiger charge is -2.41. The molecule has 4 nitrogen and oxygen atoms in total. The molecule has 0 unspecified atom stereocenters. The second kappa shape index (κ2) is 10.6. The SMILES string of the molecule is Cl.Cl.Oc1c(Br)cc(Br)cc1[C@@H](C1CCOCC1)N1CCNCC1. The van der Waals surface area contributed by atoms with Crippen LogP contribution in [0.5, 0.6) is 5.75 Å². The maximum atomic E-state index is 10.6. The van der Waals surface area contributed by atoms with E-state index in [1.54, 1.807) is 0 Å². The average Bonchev–Trinajstić information content (AvgIpc) is 2.54. The van der Waals surface area contributed by atoms with E-state index in [4.69, 9.17) is 4.74 Å². The largest absolute Gasteiger partial charge is 0.506 e. The molecule has 0 amide bonds. The molecule has 2 N–H and O–H groups in total. The molecular formula is C16H24Br2Cl2N2O2. The van der Waals surface area contributed by atoms with Crippen LogP contribution in [0.4, 0.5) is 0 Å². The lowest BCUT2D eigenvalue weighted by atomic mass is 9.85. The molecule has 1 aromatic rings. The molecule has 0 saturated carbocycles. The summed E-state index contributed by atoms with van der Waals surface area (Å²) >= 11 is 7.04. The first-order valence-corrected chi connectivity index (χ1v) is 9.46. The van der Waals surface area contributed by atoms with E-state index >= 15 is 0 Å². The molecule has 2 saturated heterocycles. The van der Waals surface area contributed by atoms with Gasteiger partial charge in [0.2, 0.25) is 0 Å². The van der Waals surface area contributed by atoms with Gasteiger partial charge < -0.3 is 15.2 Å². The highest BCUT2D eigenvalue weighted by Gasteiger charge is 2.33. The van der Waals surface area contributed by atoms with Gasteiger partial charge in [0.25, 0.3) is 0 Å². The fourth-order valence-electron chi connectivity index (χ4n) is 3.55. The third kappa shape index (κ3) is 5.22. The van der Waals surface area contributed by atoms with Gasteiger partial charge in [0.05, 0.1) is 4.47 Å². The van der Waals surface area contributed by atoms with Crippen molar-refractivity contribution in [3.63, 3.8) is 0 Å². The summed E-state index contributed by atoms with van der Waals surface area (Å²) in [6, 6.07) is 4.22. The predicted molar refractivity (Wildman–Crippen MR) is 109 cm³/mol. The second-order valence-electron chi connectivity index (χ2n) is 6.01. The van der Waals surface area contributed by atoms with E-state index in [2.05, 4.69) is 48.1 Å². The molecule has 0 aliphatic carbocycles. The van der Waals surface area contributed by atoms with Crippen LogP contribution >= 0.6 is 56.7 Å². The third-order valence-corrected chi connectivity index (χ3v) is 5.70. The molecule has 24 heavy (non-hydrogen) atoms. The lowest BCUT2D eigenvalue weighted by Crippen LogP contribution is -2.47. The van der Waals surface area contributed by atoms with Gasteiger partial charge in [-0.15, -0.1) is 24.8 Å². The van der Waals surface area contributed by atoms with Crippen molar-refractivity contribution in [1.29, 1.82) is 0 Å². The first-order chi connectivity index (χ1) is 10.7. The summed E-state index contributed by atoms with van der Waals surface area (Å²) in [5.41, 5.74) is 1.02. The van der Waals surface area contributed by atoms with Crippen LogP contribution in [0.15, 0.2) is 21.1 Å². The first-order valence-electron chi connectivity index (χ1n) is 7.87. The molecule has 2 aliphatic rings. The molecule has 138 valence electrons. The van der Waals surface area contributed by atoms with Crippen molar-refractivity contribution >= 4 is 56.7 Å². The van der Waals surface area contributed by atoms with Gasteiger partial charge in [-0.3, -0.25) is 4.90 Å². The molecule has 1 aromatic carbocycles. The highest BCUT2D eigenvalue weighted by molar-refractivity contribution is 9.11. The monoisotopic (exact) mass is 504 g/mol. The van der Waals surface area contributed by atoms with Gasteiger partial charge in [0, 0.05) is 55.5 Å². The smallest absolute Gasteiger partial charge is 0.134 e. The fraction of sp³-hybridized carbons (Fsp3) is 0.625. The predicted octanol–water partition coefficient (Wildman–Crippen LogP) is 4.13. The van der Waals surface area contributed by atoms with Crippen molar-refractivity contribution in [2.75, 3.05) is 39.4 Å². The van der Waals surface area contributed by atoms with Gasteiger partial charge in [-0.05, 0) is 46.8 Å². The molecule has 0 aromatic heterocycles. The molecule has 2 fully saturated rings. The fourth-order valence-corrected chi connectivity index (χ4v) is 4.81. The number of rotatable bonds is 3. The number of halogens is 4. The summed E-state index contributed by atoms with van der Waals surface area (Å²) in [5, 5.41) is 14.0. The Morgan fingerprint density at radius 3 is 2.38 bits per heavy atom. The van der Waals surface area contributed by atoms with Crippen molar-refractivity contribution in [2.24, 2.45) is 5.92 Å². The van der Waals surface area contributed by atoms with Crippen molar-refractivity contribution in [1.82, 2.24) is 10.2 Å². The normalized spacial score (nSPS) is 20.8. The maximum Gasteiger partial charge on any atom is 0.134 e. The van der Waals surface area contributed by atoms with Crippen LogP contribution in [-0.4, -0.2) is 49.4 Å². The first kappa shape index (κ1) is 22.5. The number of piperazine rings is 1. The van der Waals surface area contributed by atoms with E-state index in [0.717, 1.165) is 66.7 Å². The Hall–Kier alpha value is 0.440. The number of nitrogens with zero attached hydrogens (tertiary/aromatic N) is 1. The van der Waals surface area contributed by atoms with Crippen LogP contribution in [0.3, 0.4) is 0 Å². The quantitative estimate of drug-likeness (QED) is 0.647. The Bertz CT molecular complexity index is 507. The Morgan fingerprint density at radius 2 is 1.75 bits per heavy atom. The summed E-state index contributed by atoms with van der Waals surface area (Å²) < 4.78 is 7.29. The Morgan fingerprint density at radius 1 is 1.12 bits per heavy atom. The number of phenolic OH excluding ortho intramolecular Hbond substituents is 1. The summed E-state index contributed by atoms with van der Waals surface area (Å²) in [4.78, 5) is 2.51. The van der Waals surface area contributed by atoms with Crippen LogP contribution in [0.1, 0.15) is 24.4 Å². The van der Waals surface area contributed by atoms with Crippen LogP contribution in [0.25, 0.3) is 0 Å². The van der Waals surface area contributed by atoms with Gasteiger partial charge in [0.15, 0.2) is 0 Å². The molecule has 0 bridgehead atoms. The number of hydrogen-bond acceptors (Lipinski definition) is 4. The van der Waals surface area contributed by atoms with Gasteiger partial charge >= 0.3 is 0 Å². The Balaban J connectivity index is 0.00000144. The number of nitrogens with one attached hydrogen (secondary N) is 1. The number of phenols is 1. The number of ether oxygens (including phenoxy) is 1. The molecule has 0 spiro atoms. The Labute approximate surface area is 172 Å². The van der Waals surface area contributed by atoms with Gasteiger partial charge in [0.1, 0.15) is 5.75 Å². The van der Waals surface area contributed by atoms with E-state index in [0.29, 0.717) is 11.7 Å². The minimum atomic E-state index is 0. The standard InChI is InChI=1S/C16H22Br2N2O2.2ClH/c17-12-9-13(16(21)14(18)10-12)15(11-1-7-22-8-2-11)20-5-3-19-4-6-20;;/h9-11,15,19,21H,1-8H2;2*1H/t15-;;/m1../s1. The summed E-state index contributed by atoms with van der Waals surface area (Å²) in [6.07, 6.45) is 2.11. The highest BCUT2D eigenvalue weighted by Crippen LogP contribution is 2.43. The molecule has 3 rings (SSSR count). The van der Waals surface area contributed by atoms with E-state index in [9.17, 15) is 5.11 Å². The minimum Gasteiger partial charge on any atom is -0.506 e. The third-order valence-electron chi connectivity index (χ3n) is 4.63. The molecule has 2 aliphatic heterocycles. The summed E-state index contributed by atoms with van der Waals surface area (Å²) in [5.74, 6) is 0.900. The van der Waals surface area contributed by atoms with Crippen LogP contribution in [0, 0.1) is 5.92 Å². The van der Waals surface area contributed by atoms with E-state index in [-0.39, 0.29) is 30.9 Å². The molecule has 1 atom stereocenters. The zero-order valence-corrected chi connectivity index (χ0v) is 18.1. The van der Waals surface area contributed by atoms with Crippen molar-refractivity contribution in [3.8, 4) is 5.75 Å². The molecule has 2 heterocycles. The molecule has 0 radical (unpaired) electrons. The van der Waals surface area contributed by atoms with E-state index in [1.165, 1.54) is 0 Å². The topological polar surface area (TPSA) is 44.7 Å². The van der Waals surface area contributed by atoms with Crippen LogP contribution in [-0.2, 0) is 4.74 Å². The van der Waals surface area contributed by atoms with Gasteiger partial charge in [-0.2, -0.15) is 0 Å². The van der Waals surface area contributed by atoms with E-state index < -0.39 is 0 Å². The highest BCUT2D eigenvalue weighted by atomic mass is 79.9. The van der Waals surface area contributed by atoms with E-state index in [1.807, 2.05) is 6.07 Å². The van der Waals surface area contributed by atoms with Gasteiger partial charge in [-0.1, -0.05) is 15.9 Å². The van der Waals surface area contributed by atoms with Crippen molar-refractivity contribution in [3.05, 3.63) is 26.6 Å². The summed E-state index contributed by atoms with van der Waals surface area (Å²) in [6.45, 7) is 5.70. The zero-order chi connectivity index (χ0) is 15.5. The van der Waals surface area contributed by atoms with Crippen molar-refractivity contribution < 1.29 is 9.84 Å². The maximum absolute atomic E-state index is 10.6. The number of benzene rings is 1. The Kier molecular flexibility index (Phi) is 9.89. The molecule has 8 heteroatoms. The van der Waals surface area contributed by atoms with Crippen LogP contribution in [0.2, 0.25) is 0 Å². The van der Waals surface area contributed by atoms with Crippen LogP contribution < -0.4 is 5.32 Å².